The van der Waals surface area contributed by atoms with Crippen molar-refractivity contribution >= 4 is 10.8 Å². The molecule has 0 fully saturated rings. The van der Waals surface area contributed by atoms with Crippen molar-refractivity contribution in [2.75, 3.05) is 13.2 Å². The van der Waals surface area contributed by atoms with Crippen LogP contribution in [0.1, 0.15) is 24.0 Å². The number of benzene rings is 2. The Morgan fingerprint density at radius 2 is 1.11 bits per heavy atom. The smallest absolute Gasteiger partial charge is 0.0434 e. The Balaban J connectivity index is 2.19. The third-order valence-electron chi connectivity index (χ3n) is 3.22. The normalized spacial score (nSPS) is 11.0. The second kappa shape index (κ2) is 6.53. The highest BCUT2D eigenvalue weighted by Crippen LogP contribution is 2.19. The Bertz CT molecular complexity index is 458. The van der Waals surface area contributed by atoms with E-state index >= 15 is 0 Å². The van der Waals surface area contributed by atoms with Crippen LogP contribution in [0.2, 0.25) is 0 Å². The number of hydrogen-bond acceptors (Lipinski definition) is 2. The average molecular weight is 244 g/mol. The molecular weight excluding hydrogens is 224 g/mol. The van der Waals surface area contributed by atoms with E-state index in [-0.39, 0.29) is 13.2 Å². The van der Waals surface area contributed by atoms with Gasteiger partial charge in [0.2, 0.25) is 0 Å². The zero-order valence-corrected chi connectivity index (χ0v) is 10.6. The summed E-state index contributed by atoms with van der Waals surface area (Å²) in [5.74, 6) is 0. The predicted octanol–water partition coefficient (Wildman–Crippen LogP) is 2.69. The van der Waals surface area contributed by atoms with E-state index in [2.05, 4.69) is 36.4 Å². The number of aliphatic hydroxyl groups is 2. The summed E-state index contributed by atoms with van der Waals surface area (Å²) in [6, 6.07) is 12.9. The van der Waals surface area contributed by atoms with Gasteiger partial charge in [0.15, 0.2) is 0 Å². The maximum absolute atomic E-state index is 8.84. The first-order chi connectivity index (χ1) is 8.83. The van der Waals surface area contributed by atoms with Gasteiger partial charge in [0.05, 0.1) is 0 Å². The molecule has 0 bridgehead atoms. The van der Waals surface area contributed by atoms with E-state index in [0.717, 1.165) is 25.7 Å². The molecule has 0 aliphatic heterocycles. The highest BCUT2D eigenvalue weighted by atomic mass is 16.3. The fourth-order valence-electron chi connectivity index (χ4n) is 2.22. The quantitative estimate of drug-likeness (QED) is 0.820. The lowest BCUT2D eigenvalue weighted by Crippen LogP contribution is -1.91. The average Bonchev–Trinajstić information content (AvgIpc) is 2.42. The lowest BCUT2D eigenvalue weighted by molar-refractivity contribution is 0.288. The van der Waals surface area contributed by atoms with Crippen LogP contribution >= 0.6 is 0 Å². The molecule has 0 aliphatic carbocycles. The molecule has 0 spiro atoms. The molecule has 18 heavy (non-hydrogen) atoms. The maximum atomic E-state index is 8.84. The molecule has 0 saturated heterocycles. The third-order valence-corrected chi connectivity index (χ3v) is 3.22. The van der Waals surface area contributed by atoms with Gasteiger partial charge in [-0.2, -0.15) is 0 Å². The molecule has 0 heterocycles. The number of fused-ring (bicyclic) bond motifs is 1. The minimum atomic E-state index is 0.248. The molecule has 96 valence electrons. The molecule has 2 rings (SSSR count). The molecule has 2 N–H and O–H groups in total. The lowest BCUT2D eigenvalue weighted by Gasteiger charge is -2.05. The Labute approximate surface area is 108 Å². The van der Waals surface area contributed by atoms with E-state index in [1.54, 1.807) is 0 Å². The van der Waals surface area contributed by atoms with Gasteiger partial charge in [-0.15, -0.1) is 0 Å². The first-order valence-corrected chi connectivity index (χ1v) is 6.57. The summed E-state index contributed by atoms with van der Waals surface area (Å²) in [5.41, 5.74) is 2.55. The molecule has 2 aromatic rings. The lowest BCUT2D eigenvalue weighted by atomic mass is 10.0. The van der Waals surface area contributed by atoms with Crippen molar-refractivity contribution < 1.29 is 10.2 Å². The second-order valence-corrected chi connectivity index (χ2v) is 4.67. The molecule has 0 amide bonds. The summed E-state index contributed by atoms with van der Waals surface area (Å²) in [4.78, 5) is 0. The van der Waals surface area contributed by atoms with Crippen LogP contribution in [0.25, 0.3) is 10.8 Å². The maximum Gasteiger partial charge on any atom is 0.0434 e. The molecule has 0 aliphatic rings. The van der Waals surface area contributed by atoms with Crippen LogP contribution in [-0.4, -0.2) is 23.4 Å². The number of rotatable bonds is 6. The first kappa shape index (κ1) is 13.1. The molecule has 0 radical (unpaired) electrons. The zero-order chi connectivity index (χ0) is 12.8. The van der Waals surface area contributed by atoms with Gasteiger partial charge >= 0.3 is 0 Å². The van der Waals surface area contributed by atoms with E-state index in [9.17, 15) is 0 Å². The third kappa shape index (κ3) is 3.31. The minimum Gasteiger partial charge on any atom is -0.396 e. The van der Waals surface area contributed by atoms with Crippen LogP contribution < -0.4 is 0 Å². The highest BCUT2D eigenvalue weighted by Gasteiger charge is 1.99. The van der Waals surface area contributed by atoms with Gasteiger partial charge in [-0.1, -0.05) is 36.4 Å². The van der Waals surface area contributed by atoms with E-state index in [4.69, 9.17) is 10.2 Å². The van der Waals surface area contributed by atoms with Crippen LogP contribution in [-0.2, 0) is 12.8 Å². The van der Waals surface area contributed by atoms with Gasteiger partial charge in [-0.05, 0) is 47.6 Å². The topological polar surface area (TPSA) is 40.5 Å². The van der Waals surface area contributed by atoms with E-state index in [1.807, 2.05) is 0 Å². The highest BCUT2D eigenvalue weighted by molar-refractivity contribution is 5.83. The number of aryl methyl sites for hydroxylation is 2. The molecular formula is C16H20O2. The van der Waals surface area contributed by atoms with Gasteiger partial charge in [0.1, 0.15) is 0 Å². The van der Waals surface area contributed by atoms with Crippen molar-refractivity contribution in [2.45, 2.75) is 25.7 Å². The van der Waals surface area contributed by atoms with Crippen LogP contribution in [0.4, 0.5) is 0 Å². The van der Waals surface area contributed by atoms with Crippen LogP contribution in [0.15, 0.2) is 36.4 Å². The van der Waals surface area contributed by atoms with E-state index in [0.29, 0.717) is 0 Å². The number of aliphatic hydroxyl groups excluding tert-OH is 2. The summed E-state index contributed by atoms with van der Waals surface area (Å²) in [5, 5.41) is 20.2. The molecule has 0 unspecified atom stereocenters. The first-order valence-electron chi connectivity index (χ1n) is 6.57. The second-order valence-electron chi connectivity index (χ2n) is 4.67. The van der Waals surface area contributed by atoms with Crippen LogP contribution in [0.5, 0.6) is 0 Å². The predicted molar refractivity (Wildman–Crippen MR) is 74.8 cm³/mol. The molecule has 0 atom stereocenters. The van der Waals surface area contributed by atoms with Gasteiger partial charge in [-0.3, -0.25) is 0 Å². The molecule has 0 aromatic heterocycles. The van der Waals surface area contributed by atoms with Crippen molar-refractivity contribution in [3.05, 3.63) is 47.5 Å². The fraction of sp³-hybridized carbons (Fsp3) is 0.375. The Morgan fingerprint density at radius 3 is 1.50 bits per heavy atom. The van der Waals surface area contributed by atoms with Crippen molar-refractivity contribution in [2.24, 2.45) is 0 Å². The van der Waals surface area contributed by atoms with Crippen molar-refractivity contribution in [1.82, 2.24) is 0 Å². The molecule has 2 aromatic carbocycles. The Morgan fingerprint density at radius 1 is 0.667 bits per heavy atom. The van der Waals surface area contributed by atoms with Crippen LogP contribution in [0.3, 0.4) is 0 Å². The van der Waals surface area contributed by atoms with Crippen LogP contribution in [0, 0.1) is 0 Å². The zero-order valence-electron chi connectivity index (χ0n) is 10.6. The largest absolute Gasteiger partial charge is 0.396 e. The van der Waals surface area contributed by atoms with Gasteiger partial charge in [0, 0.05) is 13.2 Å². The SMILES string of the molecule is OCCCc1ccc2cc(CCCO)ccc2c1. The summed E-state index contributed by atoms with van der Waals surface area (Å²) in [6.07, 6.45) is 3.50. The summed E-state index contributed by atoms with van der Waals surface area (Å²) in [6.45, 7) is 0.496. The summed E-state index contributed by atoms with van der Waals surface area (Å²) >= 11 is 0. The van der Waals surface area contributed by atoms with Crippen molar-refractivity contribution in [1.29, 1.82) is 0 Å². The van der Waals surface area contributed by atoms with E-state index < -0.39 is 0 Å². The number of hydrogen-bond donors (Lipinski definition) is 2. The molecule has 0 saturated carbocycles. The standard InChI is InChI=1S/C16H20O2/c17-9-1-3-13-5-7-16-12-14(4-2-10-18)6-8-15(16)11-13/h5-8,11-12,17-18H,1-4,9-10H2. The summed E-state index contributed by atoms with van der Waals surface area (Å²) < 4.78 is 0. The van der Waals surface area contributed by atoms with Crippen molar-refractivity contribution in [3.8, 4) is 0 Å². The van der Waals surface area contributed by atoms with Crippen molar-refractivity contribution in [3.63, 3.8) is 0 Å². The monoisotopic (exact) mass is 244 g/mol. The van der Waals surface area contributed by atoms with Gasteiger partial charge in [0.25, 0.3) is 0 Å². The Hall–Kier alpha value is -1.38. The Kier molecular flexibility index (Phi) is 4.73. The minimum absolute atomic E-state index is 0.248. The fourth-order valence-corrected chi connectivity index (χ4v) is 2.22. The summed E-state index contributed by atoms with van der Waals surface area (Å²) in [7, 11) is 0. The van der Waals surface area contributed by atoms with Gasteiger partial charge < -0.3 is 10.2 Å². The molecule has 2 nitrogen and oxygen atoms in total. The van der Waals surface area contributed by atoms with Gasteiger partial charge in [-0.25, -0.2) is 0 Å². The molecule has 2 heteroatoms. The van der Waals surface area contributed by atoms with E-state index in [1.165, 1.54) is 21.9 Å².